The summed E-state index contributed by atoms with van der Waals surface area (Å²) in [5.74, 6) is -1.03. The molecular weight excluding hydrogens is 332 g/mol. The van der Waals surface area contributed by atoms with Crippen LogP contribution in [0.4, 0.5) is 5.69 Å². The first-order chi connectivity index (χ1) is 11.7. The molecule has 0 radical (unpaired) electrons. The second kappa shape index (κ2) is 8.86. The minimum atomic E-state index is -1.000. The second-order valence-electron chi connectivity index (χ2n) is 5.66. The van der Waals surface area contributed by atoms with E-state index in [9.17, 15) is 19.7 Å². The summed E-state index contributed by atoms with van der Waals surface area (Å²) in [6.45, 7) is 5.15. The lowest BCUT2D eigenvalue weighted by Gasteiger charge is -2.17. The molecular formula is C16H22N2O7. The Labute approximate surface area is 145 Å². The topological polar surface area (TPSA) is 117 Å². The summed E-state index contributed by atoms with van der Waals surface area (Å²) in [6.07, 6.45) is 0. The molecule has 25 heavy (non-hydrogen) atoms. The molecule has 0 saturated heterocycles. The quantitative estimate of drug-likeness (QED) is 0.430. The van der Waals surface area contributed by atoms with Crippen LogP contribution >= 0.6 is 0 Å². The van der Waals surface area contributed by atoms with E-state index in [2.05, 4.69) is 5.32 Å². The van der Waals surface area contributed by atoms with Crippen molar-refractivity contribution in [3.05, 3.63) is 27.8 Å². The summed E-state index contributed by atoms with van der Waals surface area (Å²) in [5.41, 5.74) is -0.828. The van der Waals surface area contributed by atoms with Crippen molar-refractivity contribution in [1.82, 2.24) is 5.32 Å². The first-order valence-electron chi connectivity index (χ1n) is 7.58. The summed E-state index contributed by atoms with van der Waals surface area (Å²) in [7, 11) is 2.65. The number of nitro groups is 1. The zero-order chi connectivity index (χ0) is 19.1. The van der Waals surface area contributed by atoms with Crippen molar-refractivity contribution >= 4 is 17.6 Å². The molecule has 0 saturated carbocycles. The molecule has 1 aromatic rings. The number of ether oxygens (including phenoxy) is 3. The van der Waals surface area contributed by atoms with Gasteiger partial charge in [0.2, 0.25) is 0 Å². The number of hydrogen-bond acceptors (Lipinski definition) is 7. The molecule has 1 atom stereocenters. The molecule has 0 spiro atoms. The second-order valence-corrected chi connectivity index (χ2v) is 5.66. The van der Waals surface area contributed by atoms with Crippen LogP contribution in [0.15, 0.2) is 12.1 Å². The van der Waals surface area contributed by atoms with Crippen LogP contribution < -0.4 is 14.8 Å². The summed E-state index contributed by atoms with van der Waals surface area (Å²) in [5, 5.41) is 13.8. The Hall–Kier alpha value is -2.84. The summed E-state index contributed by atoms with van der Waals surface area (Å²) in [4.78, 5) is 34.4. The van der Waals surface area contributed by atoms with Crippen molar-refractivity contribution in [3.63, 3.8) is 0 Å². The van der Waals surface area contributed by atoms with Crippen LogP contribution in [0.2, 0.25) is 0 Å². The highest BCUT2D eigenvalue weighted by Gasteiger charge is 2.26. The molecule has 0 fully saturated rings. The van der Waals surface area contributed by atoms with Gasteiger partial charge in [-0.05, 0) is 12.8 Å². The first kappa shape index (κ1) is 20.2. The molecule has 1 rings (SSSR count). The average molecular weight is 354 g/mol. The predicted molar refractivity (Wildman–Crippen MR) is 88.9 cm³/mol. The normalized spacial score (nSPS) is 11.6. The van der Waals surface area contributed by atoms with E-state index in [1.807, 2.05) is 20.8 Å². The third kappa shape index (κ3) is 5.33. The minimum Gasteiger partial charge on any atom is -0.493 e. The van der Waals surface area contributed by atoms with Crippen molar-refractivity contribution in [2.75, 3.05) is 20.8 Å². The lowest BCUT2D eigenvalue weighted by molar-refractivity contribution is -0.385. The zero-order valence-electron chi connectivity index (χ0n) is 14.8. The zero-order valence-corrected chi connectivity index (χ0v) is 14.8. The monoisotopic (exact) mass is 354 g/mol. The summed E-state index contributed by atoms with van der Waals surface area (Å²) >= 11 is 0. The van der Waals surface area contributed by atoms with E-state index in [1.54, 1.807) is 0 Å². The standard InChI is InChI=1S/C16H22N2O7/c1-9(2)10(3)17-15(19)8-25-16(20)11-6-13(23-4)14(24-5)7-12(11)18(21)22/h6-7,9-10H,8H2,1-5H3,(H,17,19)/t10-/m1/s1. The van der Waals surface area contributed by atoms with Crippen LogP contribution in [0.1, 0.15) is 31.1 Å². The highest BCUT2D eigenvalue weighted by atomic mass is 16.6. The Morgan fingerprint density at radius 1 is 1.16 bits per heavy atom. The number of rotatable bonds is 8. The van der Waals surface area contributed by atoms with Crippen molar-refractivity contribution in [2.45, 2.75) is 26.8 Å². The van der Waals surface area contributed by atoms with Gasteiger partial charge in [-0.2, -0.15) is 0 Å². The number of methoxy groups -OCH3 is 2. The van der Waals surface area contributed by atoms with E-state index in [-0.39, 0.29) is 29.0 Å². The molecule has 1 N–H and O–H groups in total. The fourth-order valence-corrected chi connectivity index (χ4v) is 1.85. The van der Waals surface area contributed by atoms with Gasteiger partial charge in [0.05, 0.1) is 25.2 Å². The molecule has 0 aliphatic heterocycles. The molecule has 0 bridgehead atoms. The lowest BCUT2D eigenvalue weighted by atomic mass is 10.1. The van der Waals surface area contributed by atoms with Crippen LogP contribution in [-0.4, -0.2) is 43.7 Å². The maximum atomic E-state index is 12.2. The van der Waals surface area contributed by atoms with E-state index >= 15 is 0 Å². The van der Waals surface area contributed by atoms with Crippen LogP contribution in [0.5, 0.6) is 11.5 Å². The van der Waals surface area contributed by atoms with Gasteiger partial charge in [-0.3, -0.25) is 14.9 Å². The van der Waals surface area contributed by atoms with E-state index in [1.165, 1.54) is 14.2 Å². The average Bonchev–Trinajstić information content (AvgIpc) is 2.57. The van der Waals surface area contributed by atoms with Gasteiger partial charge in [-0.15, -0.1) is 0 Å². The summed E-state index contributed by atoms with van der Waals surface area (Å²) in [6, 6.07) is 2.12. The Morgan fingerprint density at radius 3 is 2.20 bits per heavy atom. The van der Waals surface area contributed by atoms with Gasteiger partial charge in [0.15, 0.2) is 18.1 Å². The Bertz CT molecular complexity index is 658. The Balaban J connectivity index is 2.93. The number of carbonyl (C=O) groups is 2. The number of nitro benzene ring substituents is 1. The smallest absolute Gasteiger partial charge is 0.345 e. The van der Waals surface area contributed by atoms with Crippen LogP contribution in [-0.2, 0) is 9.53 Å². The third-order valence-electron chi connectivity index (χ3n) is 3.64. The van der Waals surface area contributed by atoms with Crippen molar-refractivity contribution in [2.24, 2.45) is 5.92 Å². The third-order valence-corrected chi connectivity index (χ3v) is 3.64. The predicted octanol–water partition coefficient (Wildman–Crippen LogP) is 1.93. The molecule has 138 valence electrons. The number of hydrogen-bond donors (Lipinski definition) is 1. The van der Waals surface area contributed by atoms with Crippen LogP contribution in [0, 0.1) is 16.0 Å². The Kier molecular flexibility index (Phi) is 7.16. The largest absolute Gasteiger partial charge is 0.493 e. The van der Waals surface area contributed by atoms with Gasteiger partial charge in [-0.25, -0.2) is 4.79 Å². The number of amides is 1. The van der Waals surface area contributed by atoms with Gasteiger partial charge in [0, 0.05) is 12.1 Å². The number of esters is 1. The van der Waals surface area contributed by atoms with E-state index in [0.29, 0.717) is 0 Å². The van der Waals surface area contributed by atoms with Crippen molar-refractivity contribution in [3.8, 4) is 11.5 Å². The number of nitrogens with zero attached hydrogens (tertiary/aromatic N) is 1. The highest BCUT2D eigenvalue weighted by Crippen LogP contribution is 2.34. The molecule has 9 heteroatoms. The van der Waals surface area contributed by atoms with Gasteiger partial charge in [-0.1, -0.05) is 13.8 Å². The van der Waals surface area contributed by atoms with Gasteiger partial charge < -0.3 is 19.5 Å². The SMILES string of the molecule is COc1cc(C(=O)OCC(=O)N[C@H](C)C(C)C)c([N+](=O)[O-])cc1OC. The van der Waals surface area contributed by atoms with Gasteiger partial charge >= 0.3 is 5.97 Å². The minimum absolute atomic E-state index is 0.0957. The molecule has 0 aromatic heterocycles. The fourth-order valence-electron chi connectivity index (χ4n) is 1.85. The highest BCUT2D eigenvalue weighted by molar-refractivity contribution is 5.96. The van der Waals surface area contributed by atoms with Gasteiger partial charge in [0.1, 0.15) is 5.56 Å². The molecule has 0 aliphatic carbocycles. The fraction of sp³-hybridized carbons (Fsp3) is 0.500. The molecule has 0 aliphatic rings. The number of nitrogens with one attached hydrogen (secondary N) is 1. The molecule has 1 aromatic carbocycles. The Morgan fingerprint density at radius 2 is 1.72 bits per heavy atom. The van der Waals surface area contributed by atoms with E-state index < -0.39 is 29.1 Å². The van der Waals surface area contributed by atoms with Crippen LogP contribution in [0.25, 0.3) is 0 Å². The molecule has 0 unspecified atom stereocenters. The number of carbonyl (C=O) groups excluding carboxylic acids is 2. The summed E-state index contributed by atoms with van der Waals surface area (Å²) < 4.78 is 14.9. The van der Waals surface area contributed by atoms with Crippen molar-refractivity contribution in [1.29, 1.82) is 0 Å². The van der Waals surface area contributed by atoms with Crippen LogP contribution in [0.3, 0.4) is 0 Å². The molecule has 0 heterocycles. The first-order valence-corrected chi connectivity index (χ1v) is 7.58. The van der Waals surface area contributed by atoms with Gasteiger partial charge in [0.25, 0.3) is 11.6 Å². The lowest BCUT2D eigenvalue weighted by Crippen LogP contribution is -2.38. The van der Waals surface area contributed by atoms with E-state index in [0.717, 1.165) is 12.1 Å². The maximum Gasteiger partial charge on any atom is 0.345 e. The number of benzene rings is 1. The molecule has 1 amide bonds. The molecule has 9 nitrogen and oxygen atoms in total. The van der Waals surface area contributed by atoms with Crippen molar-refractivity contribution < 1.29 is 28.7 Å². The van der Waals surface area contributed by atoms with E-state index in [4.69, 9.17) is 14.2 Å². The maximum absolute atomic E-state index is 12.2.